The summed E-state index contributed by atoms with van der Waals surface area (Å²) in [5, 5.41) is 6.54. The average molecular weight is 282 g/mol. The van der Waals surface area contributed by atoms with E-state index in [0.717, 1.165) is 31.5 Å². The van der Waals surface area contributed by atoms with Crippen LogP contribution in [0.4, 0.5) is 4.79 Å². The quantitative estimate of drug-likeness (QED) is 0.892. The van der Waals surface area contributed by atoms with E-state index in [1.54, 1.807) is 0 Å². The van der Waals surface area contributed by atoms with Gasteiger partial charge in [0.2, 0.25) is 0 Å². The molecule has 1 saturated heterocycles. The summed E-state index contributed by atoms with van der Waals surface area (Å²) < 4.78 is 0. The highest BCUT2D eigenvalue weighted by Gasteiger charge is 2.18. The van der Waals surface area contributed by atoms with Gasteiger partial charge in [0.1, 0.15) is 0 Å². The van der Waals surface area contributed by atoms with Gasteiger partial charge in [-0.25, -0.2) is 4.79 Å². The second kappa shape index (κ2) is 6.78. The first kappa shape index (κ1) is 14.2. The molecule has 104 valence electrons. The summed E-state index contributed by atoms with van der Waals surface area (Å²) in [4.78, 5) is 14.1. The molecule has 1 aliphatic heterocycles. The molecule has 5 heteroatoms. The van der Waals surface area contributed by atoms with Gasteiger partial charge in [-0.05, 0) is 44.6 Å². The number of halogens is 1. The van der Waals surface area contributed by atoms with E-state index in [1.165, 1.54) is 0 Å². The first-order valence-electron chi connectivity index (χ1n) is 6.61. The lowest BCUT2D eigenvalue weighted by atomic mass is 10.1. The number of rotatable bonds is 3. The number of piperidine rings is 1. The van der Waals surface area contributed by atoms with E-state index in [1.807, 2.05) is 24.3 Å². The topological polar surface area (TPSA) is 44.4 Å². The lowest BCUT2D eigenvalue weighted by Gasteiger charge is -2.29. The van der Waals surface area contributed by atoms with Crippen LogP contribution in [0.3, 0.4) is 0 Å². The van der Waals surface area contributed by atoms with Crippen LogP contribution in [0.2, 0.25) is 5.02 Å². The highest BCUT2D eigenvalue weighted by atomic mass is 35.5. The minimum absolute atomic E-state index is 0.116. The van der Waals surface area contributed by atoms with Gasteiger partial charge in [-0.3, -0.25) is 0 Å². The van der Waals surface area contributed by atoms with Crippen molar-refractivity contribution in [3.05, 3.63) is 34.9 Å². The molecule has 0 unspecified atom stereocenters. The first-order chi connectivity index (χ1) is 9.15. The molecule has 1 aromatic carbocycles. The van der Waals surface area contributed by atoms with Gasteiger partial charge in [0.05, 0.1) is 0 Å². The second-order valence-corrected chi connectivity index (χ2v) is 5.40. The molecule has 0 bridgehead atoms. The fourth-order valence-electron chi connectivity index (χ4n) is 2.21. The van der Waals surface area contributed by atoms with E-state index in [0.29, 0.717) is 11.6 Å². The summed E-state index contributed by atoms with van der Waals surface area (Å²) in [5.74, 6) is 0. The van der Waals surface area contributed by atoms with E-state index >= 15 is 0 Å². The molecule has 1 aliphatic rings. The molecule has 1 heterocycles. The third kappa shape index (κ3) is 4.40. The molecule has 0 saturated carbocycles. The molecule has 0 aliphatic carbocycles. The zero-order valence-electron chi connectivity index (χ0n) is 11.2. The number of carbonyl (C=O) groups is 1. The highest BCUT2D eigenvalue weighted by molar-refractivity contribution is 6.31. The Morgan fingerprint density at radius 2 is 2.05 bits per heavy atom. The molecule has 0 spiro atoms. The van der Waals surface area contributed by atoms with Crippen LogP contribution in [0.15, 0.2) is 24.3 Å². The van der Waals surface area contributed by atoms with Gasteiger partial charge in [0.15, 0.2) is 0 Å². The van der Waals surface area contributed by atoms with E-state index < -0.39 is 0 Å². The number of likely N-dealkylation sites (tertiary alicyclic amines) is 1. The van der Waals surface area contributed by atoms with Crippen molar-refractivity contribution in [2.75, 3.05) is 20.1 Å². The molecule has 4 nitrogen and oxygen atoms in total. The zero-order chi connectivity index (χ0) is 13.7. The molecule has 1 aromatic rings. The van der Waals surface area contributed by atoms with Crippen LogP contribution >= 0.6 is 11.6 Å². The molecule has 0 atom stereocenters. The van der Waals surface area contributed by atoms with Crippen LogP contribution in [-0.4, -0.2) is 37.1 Å². The predicted molar refractivity (Wildman–Crippen MR) is 77.3 cm³/mol. The third-order valence-electron chi connectivity index (χ3n) is 3.45. The minimum atomic E-state index is -0.116. The van der Waals surface area contributed by atoms with Crippen LogP contribution in [0.1, 0.15) is 18.4 Å². The maximum Gasteiger partial charge on any atom is 0.315 e. The number of carbonyl (C=O) groups excluding carboxylic acids is 1. The van der Waals surface area contributed by atoms with Crippen molar-refractivity contribution >= 4 is 17.6 Å². The number of benzene rings is 1. The fourth-order valence-corrected chi connectivity index (χ4v) is 2.41. The Morgan fingerprint density at radius 1 is 1.37 bits per heavy atom. The highest BCUT2D eigenvalue weighted by Crippen LogP contribution is 2.14. The summed E-state index contributed by atoms with van der Waals surface area (Å²) in [6, 6.07) is 7.70. The Morgan fingerprint density at radius 3 is 2.74 bits per heavy atom. The third-order valence-corrected chi connectivity index (χ3v) is 3.82. The fraction of sp³-hybridized carbons (Fsp3) is 0.500. The number of hydrogen-bond donors (Lipinski definition) is 2. The van der Waals surface area contributed by atoms with Crippen molar-refractivity contribution in [1.29, 1.82) is 0 Å². The van der Waals surface area contributed by atoms with Crippen molar-refractivity contribution in [2.45, 2.75) is 25.4 Å². The molecular weight excluding hydrogens is 262 g/mol. The second-order valence-electron chi connectivity index (χ2n) is 5.00. The Bertz CT molecular complexity index is 430. The molecule has 2 rings (SSSR count). The van der Waals surface area contributed by atoms with Gasteiger partial charge in [0, 0.05) is 17.6 Å². The van der Waals surface area contributed by atoms with E-state index in [9.17, 15) is 4.79 Å². The first-order valence-corrected chi connectivity index (χ1v) is 6.99. The van der Waals surface area contributed by atoms with Gasteiger partial charge < -0.3 is 15.5 Å². The Hall–Kier alpha value is -1.26. The molecule has 1 fully saturated rings. The smallest absolute Gasteiger partial charge is 0.315 e. The Balaban J connectivity index is 1.74. The predicted octanol–water partition coefficient (Wildman–Crippen LogP) is 2.23. The molecule has 2 amide bonds. The molecule has 0 aromatic heterocycles. The maximum atomic E-state index is 11.8. The normalized spacial score (nSPS) is 17.2. The zero-order valence-corrected chi connectivity index (χ0v) is 11.9. The van der Waals surface area contributed by atoms with Crippen LogP contribution in [-0.2, 0) is 6.54 Å². The minimum Gasteiger partial charge on any atom is -0.335 e. The number of nitrogens with one attached hydrogen (secondary N) is 2. The van der Waals surface area contributed by atoms with Crippen molar-refractivity contribution < 1.29 is 4.79 Å². The lowest BCUT2D eigenvalue weighted by molar-refractivity contribution is 0.213. The summed E-state index contributed by atoms with van der Waals surface area (Å²) >= 11 is 6.04. The number of amides is 2. The molecule has 0 radical (unpaired) electrons. The standard InChI is InChI=1S/C14H20ClN3O/c1-18-8-6-12(7-9-18)17-14(19)16-10-11-4-2-3-5-13(11)15/h2-5,12H,6-10H2,1H3,(H2,16,17,19). The van der Waals surface area contributed by atoms with Gasteiger partial charge in [0.25, 0.3) is 0 Å². The summed E-state index contributed by atoms with van der Waals surface area (Å²) in [7, 11) is 2.10. The lowest BCUT2D eigenvalue weighted by Crippen LogP contribution is -2.46. The Labute approximate surface area is 119 Å². The Kier molecular flexibility index (Phi) is 5.05. The van der Waals surface area contributed by atoms with Crippen LogP contribution in [0, 0.1) is 0 Å². The number of hydrogen-bond acceptors (Lipinski definition) is 2. The summed E-state index contributed by atoms with van der Waals surface area (Å²) in [5.41, 5.74) is 0.933. The number of nitrogens with zero attached hydrogens (tertiary/aromatic N) is 1. The SMILES string of the molecule is CN1CCC(NC(=O)NCc2ccccc2Cl)CC1. The van der Waals surface area contributed by atoms with Gasteiger partial charge in [-0.1, -0.05) is 29.8 Å². The van der Waals surface area contributed by atoms with Crippen molar-refractivity contribution in [1.82, 2.24) is 15.5 Å². The van der Waals surface area contributed by atoms with Gasteiger partial charge in [-0.2, -0.15) is 0 Å². The molecular formula is C14H20ClN3O. The molecule has 2 N–H and O–H groups in total. The van der Waals surface area contributed by atoms with E-state index in [-0.39, 0.29) is 12.1 Å². The summed E-state index contributed by atoms with van der Waals surface area (Å²) in [6.45, 7) is 2.53. The van der Waals surface area contributed by atoms with Crippen LogP contribution in [0.5, 0.6) is 0 Å². The summed E-state index contributed by atoms with van der Waals surface area (Å²) in [6.07, 6.45) is 2.02. The monoisotopic (exact) mass is 281 g/mol. The average Bonchev–Trinajstić information content (AvgIpc) is 2.40. The van der Waals surface area contributed by atoms with Crippen molar-refractivity contribution in [3.63, 3.8) is 0 Å². The molecule has 19 heavy (non-hydrogen) atoms. The largest absolute Gasteiger partial charge is 0.335 e. The van der Waals surface area contributed by atoms with Crippen LogP contribution in [0.25, 0.3) is 0 Å². The van der Waals surface area contributed by atoms with Gasteiger partial charge >= 0.3 is 6.03 Å². The maximum absolute atomic E-state index is 11.8. The number of urea groups is 1. The van der Waals surface area contributed by atoms with Crippen molar-refractivity contribution in [3.8, 4) is 0 Å². The van der Waals surface area contributed by atoms with Crippen LogP contribution < -0.4 is 10.6 Å². The van der Waals surface area contributed by atoms with E-state index in [2.05, 4.69) is 22.6 Å². The van der Waals surface area contributed by atoms with Crippen molar-refractivity contribution in [2.24, 2.45) is 0 Å². The van der Waals surface area contributed by atoms with E-state index in [4.69, 9.17) is 11.6 Å². The van der Waals surface area contributed by atoms with Gasteiger partial charge in [-0.15, -0.1) is 0 Å².